The van der Waals surface area contributed by atoms with E-state index in [1.165, 1.54) is 0 Å². The summed E-state index contributed by atoms with van der Waals surface area (Å²) in [5, 5.41) is 0. The summed E-state index contributed by atoms with van der Waals surface area (Å²) in [6.45, 7) is 13.6. The molecule has 0 bridgehead atoms. The van der Waals surface area contributed by atoms with E-state index in [0.29, 0.717) is 43.0 Å². The minimum atomic E-state index is -1.16. The summed E-state index contributed by atoms with van der Waals surface area (Å²) in [5.74, 6) is 0.336. The zero-order chi connectivity index (χ0) is 32.2. The third-order valence-corrected chi connectivity index (χ3v) is 8.21. The van der Waals surface area contributed by atoms with Crippen molar-refractivity contribution >= 4 is 33.8 Å². The van der Waals surface area contributed by atoms with Crippen molar-refractivity contribution in [3.63, 3.8) is 0 Å². The van der Waals surface area contributed by atoms with Gasteiger partial charge in [0.05, 0.1) is 0 Å². The Morgan fingerprint density at radius 1 is 0.886 bits per heavy atom. The van der Waals surface area contributed by atoms with Crippen molar-refractivity contribution in [2.24, 2.45) is 11.8 Å². The molecule has 1 aliphatic rings. The van der Waals surface area contributed by atoms with Gasteiger partial charge in [0.15, 0.2) is 11.4 Å². The Labute approximate surface area is 269 Å². The smallest absolute Gasteiger partial charge is 0.415 e. The number of hydrogen-bond donors (Lipinski definition) is 0. The van der Waals surface area contributed by atoms with E-state index >= 15 is 0 Å². The van der Waals surface area contributed by atoms with Crippen molar-refractivity contribution in [2.75, 3.05) is 13.1 Å². The highest BCUT2D eigenvalue weighted by Crippen LogP contribution is 2.34. The monoisotopic (exact) mass is 663 g/mol. The number of ether oxygens (including phenoxy) is 3. The molecule has 1 aliphatic heterocycles. The Morgan fingerprint density at radius 3 is 2.09 bits per heavy atom. The van der Waals surface area contributed by atoms with Crippen molar-refractivity contribution < 1.29 is 28.6 Å². The van der Waals surface area contributed by atoms with Crippen molar-refractivity contribution in [1.82, 2.24) is 4.90 Å². The number of amides is 1. The van der Waals surface area contributed by atoms with Gasteiger partial charge >= 0.3 is 12.1 Å². The molecule has 8 heteroatoms. The van der Waals surface area contributed by atoms with Gasteiger partial charge < -0.3 is 19.1 Å². The largest absolute Gasteiger partial charge is 0.476 e. The first kappa shape index (κ1) is 33.2. The summed E-state index contributed by atoms with van der Waals surface area (Å²) in [6, 6.07) is 20.4. The molecule has 1 saturated heterocycles. The third kappa shape index (κ3) is 8.50. The van der Waals surface area contributed by atoms with Gasteiger partial charge in [-0.3, -0.25) is 4.79 Å². The Kier molecular flexibility index (Phi) is 10.2. The number of hydrogen-bond acceptors (Lipinski definition) is 6. The zero-order valence-corrected chi connectivity index (χ0v) is 28.2. The topological polar surface area (TPSA) is 82.1 Å². The Balaban J connectivity index is 1.50. The quantitative estimate of drug-likeness (QED) is 0.170. The minimum absolute atomic E-state index is 0.0259. The number of nitrogens with zero attached hydrogens (tertiary/aromatic N) is 1. The van der Waals surface area contributed by atoms with Crippen LogP contribution in [0.2, 0.25) is 0 Å². The molecule has 234 valence electrons. The molecular formula is C36H42BrNO6. The number of ketones is 1. The fourth-order valence-corrected chi connectivity index (χ4v) is 5.75. The van der Waals surface area contributed by atoms with E-state index in [2.05, 4.69) is 28.1 Å². The van der Waals surface area contributed by atoms with E-state index < -0.39 is 23.3 Å². The van der Waals surface area contributed by atoms with Crippen LogP contribution in [0.1, 0.15) is 68.1 Å². The van der Waals surface area contributed by atoms with Gasteiger partial charge in [-0.25, -0.2) is 9.59 Å². The van der Waals surface area contributed by atoms with Crippen LogP contribution in [0.25, 0.3) is 0 Å². The summed E-state index contributed by atoms with van der Waals surface area (Å²) >= 11 is 3.44. The maximum Gasteiger partial charge on any atom is 0.415 e. The molecule has 4 rings (SSSR count). The van der Waals surface area contributed by atoms with Crippen LogP contribution < -0.4 is 9.47 Å². The van der Waals surface area contributed by atoms with E-state index in [1.54, 1.807) is 30.9 Å². The fourth-order valence-electron chi connectivity index (χ4n) is 5.49. The number of halogens is 1. The van der Waals surface area contributed by atoms with Crippen LogP contribution in [0, 0.1) is 25.7 Å². The van der Waals surface area contributed by atoms with E-state index in [1.807, 2.05) is 77.1 Å². The SMILES string of the molecule is Cc1cc(CC[C@H]2CN(C(=O)Oc3ccccc3)C[C@@H]2C(=O)c2ccc(Br)cc2)cc(C)c1OC(C)(C)C(=O)OC(C)(C)C. The van der Waals surface area contributed by atoms with Crippen molar-refractivity contribution in [3.8, 4) is 11.5 Å². The minimum Gasteiger partial charge on any atom is -0.476 e. The highest BCUT2D eigenvalue weighted by Gasteiger charge is 2.40. The van der Waals surface area contributed by atoms with Gasteiger partial charge in [-0.1, -0.05) is 58.4 Å². The molecule has 0 aromatic heterocycles. The molecule has 3 aromatic carbocycles. The summed E-state index contributed by atoms with van der Waals surface area (Å²) in [7, 11) is 0. The molecule has 1 fully saturated rings. The summed E-state index contributed by atoms with van der Waals surface area (Å²) in [4.78, 5) is 41.2. The number of carbonyl (C=O) groups is 3. The van der Waals surface area contributed by atoms with Gasteiger partial charge in [0.25, 0.3) is 0 Å². The average molecular weight is 665 g/mol. The van der Waals surface area contributed by atoms with Gasteiger partial charge in [-0.15, -0.1) is 0 Å². The van der Waals surface area contributed by atoms with Gasteiger partial charge in [-0.05, 0) is 108 Å². The van der Waals surface area contributed by atoms with Gasteiger partial charge in [0.1, 0.15) is 17.1 Å². The molecule has 0 spiro atoms. The molecule has 3 aromatic rings. The molecule has 0 radical (unpaired) electrons. The highest BCUT2D eigenvalue weighted by molar-refractivity contribution is 9.10. The second-order valence-electron chi connectivity index (χ2n) is 13.0. The molecule has 0 unspecified atom stereocenters. The lowest BCUT2D eigenvalue weighted by Gasteiger charge is -2.30. The predicted octanol–water partition coefficient (Wildman–Crippen LogP) is 8.13. The maximum atomic E-state index is 13.7. The summed E-state index contributed by atoms with van der Waals surface area (Å²) < 4.78 is 18.3. The lowest BCUT2D eigenvalue weighted by Crippen LogP contribution is -2.43. The van der Waals surface area contributed by atoms with Crippen LogP contribution in [-0.2, 0) is 16.0 Å². The van der Waals surface area contributed by atoms with Gasteiger partial charge in [-0.2, -0.15) is 0 Å². The molecule has 0 N–H and O–H groups in total. The first-order valence-corrected chi connectivity index (χ1v) is 15.8. The number of para-hydroxylation sites is 1. The number of aryl methyl sites for hydroxylation is 3. The molecule has 2 atom stereocenters. The Morgan fingerprint density at radius 2 is 1.50 bits per heavy atom. The van der Waals surface area contributed by atoms with Crippen molar-refractivity contribution in [3.05, 3.63) is 93.5 Å². The molecule has 1 amide bonds. The van der Waals surface area contributed by atoms with Crippen LogP contribution >= 0.6 is 15.9 Å². The van der Waals surface area contributed by atoms with Crippen molar-refractivity contribution in [1.29, 1.82) is 0 Å². The number of Topliss-reactive ketones (excluding diaryl/α,β-unsaturated/α-hetero) is 1. The summed E-state index contributed by atoms with van der Waals surface area (Å²) in [6.07, 6.45) is 0.978. The molecule has 7 nitrogen and oxygen atoms in total. The Bertz CT molecular complexity index is 1470. The van der Waals surface area contributed by atoms with Crippen LogP contribution in [0.15, 0.2) is 71.2 Å². The van der Waals surface area contributed by atoms with Gasteiger partial charge in [0, 0.05) is 29.0 Å². The molecule has 1 heterocycles. The van der Waals surface area contributed by atoms with Crippen LogP contribution in [-0.4, -0.2) is 47.0 Å². The van der Waals surface area contributed by atoms with E-state index in [0.717, 1.165) is 21.2 Å². The summed E-state index contributed by atoms with van der Waals surface area (Å²) in [5.41, 5.74) is 1.78. The number of rotatable bonds is 9. The average Bonchev–Trinajstić information content (AvgIpc) is 3.38. The molecule has 0 aliphatic carbocycles. The number of carbonyl (C=O) groups excluding carboxylic acids is 3. The third-order valence-electron chi connectivity index (χ3n) is 7.68. The zero-order valence-electron chi connectivity index (χ0n) is 26.6. The van der Waals surface area contributed by atoms with E-state index in [9.17, 15) is 14.4 Å². The van der Waals surface area contributed by atoms with Crippen LogP contribution in [0.4, 0.5) is 4.79 Å². The predicted molar refractivity (Wildman–Crippen MR) is 174 cm³/mol. The lowest BCUT2D eigenvalue weighted by atomic mass is 9.84. The molecular weight excluding hydrogens is 622 g/mol. The number of likely N-dealkylation sites (tertiary alicyclic amines) is 1. The molecule has 44 heavy (non-hydrogen) atoms. The van der Waals surface area contributed by atoms with Crippen LogP contribution in [0.5, 0.6) is 11.5 Å². The maximum absolute atomic E-state index is 13.7. The number of benzene rings is 3. The van der Waals surface area contributed by atoms with Crippen LogP contribution in [0.3, 0.4) is 0 Å². The fraction of sp³-hybridized carbons (Fsp3) is 0.417. The second-order valence-corrected chi connectivity index (χ2v) is 14.0. The highest BCUT2D eigenvalue weighted by atomic mass is 79.9. The van der Waals surface area contributed by atoms with E-state index in [4.69, 9.17) is 14.2 Å². The normalized spacial score (nSPS) is 16.9. The van der Waals surface area contributed by atoms with Crippen molar-refractivity contribution in [2.45, 2.75) is 72.5 Å². The standard InChI is InChI=1S/C36H42BrNO6/c1-23-19-25(20-24(2)32(23)43-36(6,7)33(40)44-35(3,4)5)13-14-27-21-38(34(41)42-29-11-9-8-10-12-29)22-30(27)31(39)26-15-17-28(37)18-16-26/h8-12,15-20,27,30H,13-14,21-22H2,1-7H3/t27-,30-/m0/s1. The molecule has 0 saturated carbocycles. The first-order chi connectivity index (χ1) is 20.6. The van der Waals surface area contributed by atoms with E-state index in [-0.39, 0.29) is 17.6 Å². The Hall–Kier alpha value is -3.65. The second kappa shape index (κ2) is 13.6. The van der Waals surface area contributed by atoms with Gasteiger partial charge in [0.2, 0.25) is 0 Å². The lowest BCUT2D eigenvalue weighted by molar-refractivity contribution is -0.171. The number of esters is 1. The first-order valence-electron chi connectivity index (χ1n) is 15.0.